The standard InChI is InChI=1S/C22H21F2N5OS2/c1-2-28(21(31)32-11-17-5-3-16(10-25)4-6-17)12-22(30,13-29-15-26-14-27-29)19-8-7-18(23)9-20(19)24/h3-9,14-15,30H,2,11-13H2,1H3. The molecule has 1 atom stereocenters. The van der Waals surface area contributed by atoms with E-state index in [9.17, 15) is 13.9 Å². The van der Waals surface area contributed by atoms with Crippen molar-refractivity contribution in [2.24, 2.45) is 0 Å². The highest BCUT2D eigenvalue weighted by molar-refractivity contribution is 8.22. The van der Waals surface area contributed by atoms with Gasteiger partial charge in [-0.2, -0.15) is 10.4 Å². The molecular weight excluding hydrogens is 452 g/mol. The molecule has 1 heterocycles. The topological polar surface area (TPSA) is 78.0 Å². The van der Waals surface area contributed by atoms with E-state index in [1.807, 2.05) is 19.1 Å². The van der Waals surface area contributed by atoms with Gasteiger partial charge in [0.2, 0.25) is 0 Å². The van der Waals surface area contributed by atoms with Gasteiger partial charge in [-0.25, -0.2) is 18.4 Å². The number of aromatic nitrogens is 3. The number of aliphatic hydroxyl groups is 1. The van der Waals surface area contributed by atoms with Gasteiger partial charge in [-0.05, 0) is 30.7 Å². The van der Waals surface area contributed by atoms with E-state index >= 15 is 0 Å². The number of nitriles is 1. The summed E-state index contributed by atoms with van der Waals surface area (Å²) in [4.78, 5) is 5.64. The van der Waals surface area contributed by atoms with E-state index < -0.39 is 17.2 Å². The summed E-state index contributed by atoms with van der Waals surface area (Å²) >= 11 is 6.98. The fourth-order valence-electron chi connectivity index (χ4n) is 3.20. The van der Waals surface area contributed by atoms with Crippen LogP contribution in [-0.4, -0.2) is 42.2 Å². The van der Waals surface area contributed by atoms with Crippen LogP contribution < -0.4 is 0 Å². The number of hydrogen-bond donors (Lipinski definition) is 1. The second-order valence-corrected chi connectivity index (χ2v) is 8.74. The largest absolute Gasteiger partial charge is 0.381 e. The minimum atomic E-state index is -1.74. The van der Waals surface area contributed by atoms with Crippen molar-refractivity contribution in [2.45, 2.75) is 24.8 Å². The zero-order valence-corrected chi connectivity index (χ0v) is 18.9. The molecule has 0 bridgehead atoms. The number of nitrogens with zero attached hydrogens (tertiary/aromatic N) is 5. The van der Waals surface area contributed by atoms with Gasteiger partial charge in [-0.3, -0.25) is 0 Å². The van der Waals surface area contributed by atoms with Crippen LogP contribution in [0.1, 0.15) is 23.6 Å². The van der Waals surface area contributed by atoms with E-state index in [0.29, 0.717) is 22.2 Å². The van der Waals surface area contributed by atoms with Gasteiger partial charge in [0.05, 0.1) is 24.7 Å². The lowest BCUT2D eigenvalue weighted by Gasteiger charge is -2.35. The number of thioether (sulfide) groups is 1. The smallest absolute Gasteiger partial charge is 0.137 e. The van der Waals surface area contributed by atoms with Gasteiger partial charge in [-0.15, -0.1) is 0 Å². The van der Waals surface area contributed by atoms with Crippen molar-refractivity contribution in [1.29, 1.82) is 5.26 Å². The van der Waals surface area contributed by atoms with Crippen LogP contribution in [0.2, 0.25) is 0 Å². The van der Waals surface area contributed by atoms with Crippen LogP contribution in [0.25, 0.3) is 0 Å². The molecule has 10 heteroatoms. The van der Waals surface area contributed by atoms with Gasteiger partial charge in [0.15, 0.2) is 0 Å². The van der Waals surface area contributed by atoms with Crippen LogP contribution >= 0.6 is 24.0 Å². The first-order valence-corrected chi connectivity index (χ1v) is 11.1. The molecule has 0 aliphatic heterocycles. The maximum Gasteiger partial charge on any atom is 0.137 e. The number of thiocarbonyl (C=S) groups is 1. The fraction of sp³-hybridized carbons (Fsp3) is 0.273. The molecule has 3 rings (SSSR count). The highest BCUT2D eigenvalue weighted by atomic mass is 32.2. The van der Waals surface area contributed by atoms with Crippen LogP contribution in [-0.2, 0) is 17.9 Å². The molecule has 0 amide bonds. The van der Waals surface area contributed by atoms with Crippen molar-refractivity contribution in [3.05, 3.63) is 83.4 Å². The first-order valence-electron chi connectivity index (χ1n) is 9.75. The van der Waals surface area contributed by atoms with E-state index in [0.717, 1.165) is 17.7 Å². The third kappa shape index (κ3) is 5.88. The average molecular weight is 474 g/mol. The summed E-state index contributed by atoms with van der Waals surface area (Å²) in [6, 6.07) is 12.4. The first-order chi connectivity index (χ1) is 15.3. The predicted octanol–water partition coefficient (Wildman–Crippen LogP) is 3.86. The highest BCUT2D eigenvalue weighted by Crippen LogP contribution is 2.29. The fourth-order valence-corrected chi connectivity index (χ4v) is 4.43. The molecule has 1 aromatic heterocycles. The Morgan fingerprint density at radius 2 is 2.03 bits per heavy atom. The highest BCUT2D eigenvalue weighted by Gasteiger charge is 2.36. The molecule has 1 N–H and O–H groups in total. The van der Waals surface area contributed by atoms with E-state index in [-0.39, 0.29) is 18.7 Å². The molecule has 0 spiro atoms. The lowest BCUT2D eigenvalue weighted by Crippen LogP contribution is -2.46. The number of hydrogen-bond acceptors (Lipinski definition) is 6. The van der Waals surface area contributed by atoms with Gasteiger partial charge in [0, 0.05) is 23.9 Å². The van der Waals surface area contributed by atoms with E-state index in [1.165, 1.54) is 35.2 Å². The lowest BCUT2D eigenvalue weighted by atomic mass is 9.92. The summed E-state index contributed by atoms with van der Waals surface area (Å²) in [5.41, 5.74) is -0.209. The van der Waals surface area contributed by atoms with Gasteiger partial charge < -0.3 is 10.0 Å². The Morgan fingerprint density at radius 3 is 2.62 bits per heavy atom. The van der Waals surface area contributed by atoms with Gasteiger partial charge in [0.1, 0.15) is 34.2 Å². The SMILES string of the molecule is CCN(CC(O)(Cn1cncn1)c1ccc(F)cc1F)C(=S)SCc1ccc(C#N)cc1. The molecule has 0 aliphatic rings. The minimum absolute atomic E-state index is 0.0227. The molecule has 0 saturated heterocycles. The lowest BCUT2D eigenvalue weighted by molar-refractivity contribution is -0.00542. The van der Waals surface area contributed by atoms with Crippen LogP contribution in [0.3, 0.4) is 0 Å². The molecule has 32 heavy (non-hydrogen) atoms. The van der Waals surface area contributed by atoms with Crippen molar-refractivity contribution in [1.82, 2.24) is 19.7 Å². The Balaban J connectivity index is 1.79. The summed E-state index contributed by atoms with van der Waals surface area (Å²) < 4.78 is 30.0. The Hall–Kier alpha value is -2.87. The quantitative estimate of drug-likeness (QED) is 0.498. The summed E-state index contributed by atoms with van der Waals surface area (Å²) in [5.74, 6) is -0.997. The van der Waals surface area contributed by atoms with Crippen LogP contribution in [0.15, 0.2) is 55.1 Å². The normalized spacial score (nSPS) is 12.7. The minimum Gasteiger partial charge on any atom is -0.381 e. The summed E-state index contributed by atoms with van der Waals surface area (Å²) in [7, 11) is 0. The summed E-state index contributed by atoms with van der Waals surface area (Å²) in [5, 5.41) is 24.5. The second kappa shape index (κ2) is 10.6. The van der Waals surface area contributed by atoms with Crippen LogP contribution in [0.5, 0.6) is 0 Å². The average Bonchev–Trinajstić information content (AvgIpc) is 3.28. The van der Waals surface area contributed by atoms with Crippen molar-refractivity contribution in [3.8, 4) is 6.07 Å². The van der Waals surface area contributed by atoms with Gasteiger partial charge >= 0.3 is 0 Å². The van der Waals surface area contributed by atoms with E-state index in [2.05, 4.69) is 16.2 Å². The molecule has 2 aromatic carbocycles. The van der Waals surface area contributed by atoms with E-state index in [4.69, 9.17) is 17.5 Å². The summed E-state index contributed by atoms with van der Waals surface area (Å²) in [6.45, 7) is 2.24. The molecule has 6 nitrogen and oxygen atoms in total. The zero-order valence-electron chi connectivity index (χ0n) is 17.3. The Labute approximate surface area is 194 Å². The van der Waals surface area contributed by atoms with Crippen LogP contribution in [0.4, 0.5) is 8.78 Å². The van der Waals surface area contributed by atoms with Crippen molar-refractivity contribution in [3.63, 3.8) is 0 Å². The third-order valence-electron chi connectivity index (χ3n) is 4.86. The molecular formula is C22H21F2N5OS2. The van der Waals surface area contributed by atoms with Gasteiger partial charge in [0.25, 0.3) is 0 Å². The molecule has 0 fully saturated rings. The number of likely N-dealkylation sites (N-methyl/N-ethyl adjacent to an activating group) is 1. The van der Waals surface area contributed by atoms with Crippen molar-refractivity contribution in [2.75, 3.05) is 13.1 Å². The van der Waals surface area contributed by atoms with Crippen molar-refractivity contribution < 1.29 is 13.9 Å². The van der Waals surface area contributed by atoms with Crippen molar-refractivity contribution >= 4 is 28.3 Å². The maximum absolute atomic E-state index is 14.6. The number of benzene rings is 2. The number of rotatable bonds is 8. The predicted molar refractivity (Wildman–Crippen MR) is 123 cm³/mol. The Morgan fingerprint density at radius 1 is 1.28 bits per heavy atom. The Kier molecular flexibility index (Phi) is 7.90. The first kappa shape index (κ1) is 23.8. The molecule has 166 valence electrons. The van der Waals surface area contributed by atoms with Crippen LogP contribution in [0, 0.1) is 23.0 Å². The molecule has 0 radical (unpaired) electrons. The monoisotopic (exact) mass is 473 g/mol. The van der Waals surface area contributed by atoms with Gasteiger partial charge in [-0.1, -0.05) is 42.2 Å². The molecule has 0 saturated carbocycles. The third-order valence-corrected chi connectivity index (χ3v) is 6.45. The zero-order chi connectivity index (χ0) is 23.1. The molecule has 0 aliphatic carbocycles. The van der Waals surface area contributed by atoms with E-state index in [1.54, 1.807) is 17.0 Å². The molecule has 3 aromatic rings. The Bertz CT molecular complexity index is 1100. The second-order valence-electron chi connectivity index (χ2n) is 7.13. The molecule has 1 unspecified atom stereocenters. The summed E-state index contributed by atoms with van der Waals surface area (Å²) in [6.07, 6.45) is 2.73. The number of halogens is 2. The maximum atomic E-state index is 14.6.